The van der Waals surface area contributed by atoms with Crippen molar-refractivity contribution >= 4 is 0 Å². The van der Waals surface area contributed by atoms with Crippen LogP contribution < -0.4 is 0 Å². The molecule has 3 heterocycles. The van der Waals surface area contributed by atoms with Gasteiger partial charge in [0.05, 0.1) is 5.69 Å². The van der Waals surface area contributed by atoms with Gasteiger partial charge in [0.1, 0.15) is 5.82 Å². The van der Waals surface area contributed by atoms with Gasteiger partial charge in [0.15, 0.2) is 0 Å². The van der Waals surface area contributed by atoms with Crippen molar-refractivity contribution in [3.05, 3.63) is 60.0 Å². The van der Waals surface area contributed by atoms with Gasteiger partial charge in [0.2, 0.25) is 0 Å². The van der Waals surface area contributed by atoms with Crippen molar-refractivity contribution < 1.29 is 0 Å². The van der Waals surface area contributed by atoms with Gasteiger partial charge < -0.3 is 4.57 Å². The quantitative estimate of drug-likeness (QED) is 0.704. The van der Waals surface area contributed by atoms with Crippen LogP contribution in [0.4, 0.5) is 0 Å². The van der Waals surface area contributed by atoms with E-state index in [9.17, 15) is 0 Å². The van der Waals surface area contributed by atoms with Crippen molar-refractivity contribution in [2.45, 2.75) is 32.7 Å². The number of rotatable bonds is 2. The SMILES string of the molecule is CC(C)c1cnc2n1CCc1cc(-c3ccccc3)ncc1-2. The zero-order valence-corrected chi connectivity index (χ0v) is 13.0. The second-order valence-electron chi connectivity index (χ2n) is 6.16. The number of pyridine rings is 1. The van der Waals surface area contributed by atoms with Gasteiger partial charge >= 0.3 is 0 Å². The highest BCUT2D eigenvalue weighted by Gasteiger charge is 2.21. The topological polar surface area (TPSA) is 30.7 Å². The molecule has 0 saturated heterocycles. The standard InChI is InChI=1S/C19H19N3/c1-13(2)18-12-21-19-16-11-20-17(14-6-4-3-5-7-14)10-15(16)8-9-22(18)19/h3-7,10-13H,8-9H2,1-2H3. The molecule has 0 atom stereocenters. The van der Waals surface area contributed by atoms with Crippen molar-refractivity contribution in [1.82, 2.24) is 14.5 Å². The number of fused-ring (bicyclic) bond motifs is 3. The third-order valence-corrected chi connectivity index (χ3v) is 4.38. The number of hydrogen-bond donors (Lipinski definition) is 0. The molecule has 0 fully saturated rings. The van der Waals surface area contributed by atoms with E-state index in [1.807, 2.05) is 18.5 Å². The Bertz CT molecular complexity index is 816. The predicted octanol–water partition coefficient (Wildman–Crippen LogP) is 4.29. The number of hydrogen-bond acceptors (Lipinski definition) is 2. The Morgan fingerprint density at radius 1 is 1.05 bits per heavy atom. The second-order valence-corrected chi connectivity index (χ2v) is 6.16. The Morgan fingerprint density at radius 2 is 1.86 bits per heavy atom. The largest absolute Gasteiger partial charge is 0.327 e. The molecule has 1 aromatic carbocycles. The molecule has 0 spiro atoms. The Kier molecular flexibility index (Phi) is 3.07. The minimum absolute atomic E-state index is 0.499. The van der Waals surface area contributed by atoms with Crippen LogP contribution in [0.5, 0.6) is 0 Å². The third kappa shape index (κ3) is 2.05. The molecular weight excluding hydrogens is 270 g/mol. The van der Waals surface area contributed by atoms with E-state index >= 15 is 0 Å². The second kappa shape index (κ2) is 5.09. The van der Waals surface area contributed by atoms with E-state index in [1.165, 1.54) is 22.4 Å². The molecule has 3 nitrogen and oxygen atoms in total. The van der Waals surface area contributed by atoms with Crippen LogP contribution in [0.1, 0.15) is 31.0 Å². The molecule has 1 aliphatic heterocycles. The molecule has 0 unspecified atom stereocenters. The maximum Gasteiger partial charge on any atom is 0.141 e. The predicted molar refractivity (Wildman–Crippen MR) is 88.7 cm³/mol. The van der Waals surface area contributed by atoms with Gasteiger partial charge in [-0.05, 0) is 24.0 Å². The molecule has 0 amide bonds. The van der Waals surface area contributed by atoms with Gasteiger partial charge in [-0.25, -0.2) is 4.98 Å². The summed E-state index contributed by atoms with van der Waals surface area (Å²) < 4.78 is 2.34. The fraction of sp³-hybridized carbons (Fsp3) is 0.263. The fourth-order valence-electron chi connectivity index (χ4n) is 3.20. The molecule has 4 rings (SSSR count). The molecule has 110 valence electrons. The first-order chi connectivity index (χ1) is 10.7. The lowest BCUT2D eigenvalue weighted by Crippen LogP contribution is -2.14. The van der Waals surface area contributed by atoms with Crippen LogP contribution >= 0.6 is 0 Å². The molecule has 0 N–H and O–H groups in total. The minimum atomic E-state index is 0.499. The highest BCUT2D eigenvalue weighted by atomic mass is 15.1. The lowest BCUT2D eigenvalue weighted by molar-refractivity contribution is 0.626. The van der Waals surface area contributed by atoms with Crippen LogP contribution in [0.25, 0.3) is 22.6 Å². The first-order valence-electron chi connectivity index (χ1n) is 7.84. The minimum Gasteiger partial charge on any atom is -0.327 e. The Morgan fingerprint density at radius 3 is 2.64 bits per heavy atom. The van der Waals surface area contributed by atoms with Gasteiger partial charge in [-0.3, -0.25) is 4.98 Å². The van der Waals surface area contributed by atoms with E-state index in [0.717, 1.165) is 24.5 Å². The van der Waals surface area contributed by atoms with Gasteiger partial charge in [0.25, 0.3) is 0 Å². The monoisotopic (exact) mass is 289 g/mol. The zero-order chi connectivity index (χ0) is 15.1. The zero-order valence-electron chi connectivity index (χ0n) is 13.0. The summed E-state index contributed by atoms with van der Waals surface area (Å²) >= 11 is 0. The van der Waals surface area contributed by atoms with Gasteiger partial charge in [-0.15, -0.1) is 0 Å². The fourth-order valence-corrected chi connectivity index (χ4v) is 3.20. The smallest absolute Gasteiger partial charge is 0.141 e. The van der Waals surface area contributed by atoms with E-state index in [0.29, 0.717) is 5.92 Å². The molecule has 0 saturated carbocycles. The molecule has 2 aromatic heterocycles. The molecule has 3 heteroatoms. The summed E-state index contributed by atoms with van der Waals surface area (Å²) in [6.45, 7) is 5.45. The lowest BCUT2D eigenvalue weighted by Gasteiger charge is -2.21. The van der Waals surface area contributed by atoms with E-state index < -0.39 is 0 Å². The maximum atomic E-state index is 4.66. The van der Waals surface area contributed by atoms with Crippen LogP contribution in [-0.2, 0) is 13.0 Å². The van der Waals surface area contributed by atoms with Gasteiger partial charge in [-0.1, -0.05) is 44.2 Å². The van der Waals surface area contributed by atoms with Gasteiger partial charge in [-0.2, -0.15) is 0 Å². The average Bonchev–Trinajstić information content (AvgIpc) is 2.99. The maximum absolute atomic E-state index is 4.66. The first kappa shape index (κ1) is 13.3. The summed E-state index contributed by atoms with van der Waals surface area (Å²) in [5.74, 6) is 1.57. The van der Waals surface area contributed by atoms with Crippen LogP contribution in [-0.4, -0.2) is 14.5 Å². The van der Waals surface area contributed by atoms with Crippen LogP contribution in [0.15, 0.2) is 48.8 Å². The molecule has 0 aliphatic carbocycles. The van der Waals surface area contributed by atoms with Crippen molar-refractivity contribution in [2.24, 2.45) is 0 Å². The lowest BCUT2D eigenvalue weighted by atomic mass is 9.99. The number of imidazole rings is 1. The van der Waals surface area contributed by atoms with Crippen molar-refractivity contribution in [3.8, 4) is 22.6 Å². The average molecular weight is 289 g/mol. The summed E-state index contributed by atoms with van der Waals surface area (Å²) in [6, 6.07) is 12.6. The van der Waals surface area contributed by atoms with Crippen molar-refractivity contribution in [1.29, 1.82) is 0 Å². The van der Waals surface area contributed by atoms with E-state index in [2.05, 4.69) is 58.7 Å². The summed E-state index contributed by atoms with van der Waals surface area (Å²) in [7, 11) is 0. The van der Waals surface area contributed by atoms with Crippen molar-refractivity contribution in [3.63, 3.8) is 0 Å². The van der Waals surface area contributed by atoms with E-state index in [-0.39, 0.29) is 0 Å². The molecule has 0 bridgehead atoms. The normalized spacial score (nSPS) is 13.0. The molecule has 1 aliphatic rings. The summed E-state index contributed by atoms with van der Waals surface area (Å²) in [4.78, 5) is 9.31. The molecule has 0 radical (unpaired) electrons. The van der Waals surface area contributed by atoms with E-state index in [1.54, 1.807) is 0 Å². The first-order valence-corrected chi connectivity index (χ1v) is 7.84. The Hall–Kier alpha value is -2.42. The number of aromatic nitrogens is 3. The highest BCUT2D eigenvalue weighted by Crippen LogP contribution is 2.32. The highest BCUT2D eigenvalue weighted by molar-refractivity contribution is 5.68. The summed E-state index contributed by atoms with van der Waals surface area (Å²) in [5.41, 5.74) is 6.05. The van der Waals surface area contributed by atoms with Crippen LogP contribution in [0.3, 0.4) is 0 Å². The summed E-state index contributed by atoms with van der Waals surface area (Å²) in [6.07, 6.45) is 5.04. The number of aryl methyl sites for hydroxylation is 1. The van der Waals surface area contributed by atoms with Crippen LogP contribution in [0.2, 0.25) is 0 Å². The number of nitrogens with zero attached hydrogens (tertiary/aromatic N) is 3. The van der Waals surface area contributed by atoms with Crippen LogP contribution in [0, 0.1) is 0 Å². The van der Waals surface area contributed by atoms with E-state index in [4.69, 9.17) is 0 Å². The molecule has 3 aromatic rings. The summed E-state index contributed by atoms with van der Waals surface area (Å²) in [5, 5.41) is 0. The Labute approximate surface area is 130 Å². The van der Waals surface area contributed by atoms with Crippen molar-refractivity contribution in [2.75, 3.05) is 0 Å². The number of benzene rings is 1. The molecular formula is C19H19N3. The van der Waals surface area contributed by atoms with Gasteiger partial charge in [0, 0.05) is 35.8 Å². The Balaban J connectivity index is 1.80. The third-order valence-electron chi connectivity index (χ3n) is 4.38. The molecule has 22 heavy (non-hydrogen) atoms.